The fraction of sp³-hybridized carbons (Fsp3) is 0.286. The molecule has 0 saturated carbocycles. The zero-order valence-corrected chi connectivity index (χ0v) is 6.77. The molecule has 0 unspecified atom stereocenters. The SMILES string of the molecule is C[C@@H](N)c1ncc(F)cc1Cl. The molecule has 0 amide bonds. The Morgan fingerprint density at radius 3 is 2.82 bits per heavy atom. The number of hydrogen-bond donors (Lipinski definition) is 1. The lowest BCUT2D eigenvalue weighted by molar-refractivity contribution is 0.616. The van der Waals surface area contributed by atoms with E-state index >= 15 is 0 Å². The van der Waals surface area contributed by atoms with Gasteiger partial charge in [-0.15, -0.1) is 0 Å². The van der Waals surface area contributed by atoms with Crippen molar-refractivity contribution in [2.75, 3.05) is 0 Å². The van der Waals surface area contributed by atoms with Gasteiger partial charge in [0.1, 0.15) is 5.82 Å². The minimum Gasteiger partial charge on any atom is -0.323 e. The van der Waals surface area contributed by atoms with Gasteiger partial charge in [0, 0.05) is 6.04 Å². The molecule has 2 nitrogen and oxygen atoms in total. The van der Waals surface area contributed by atoms with Crippen LogP contribution in [0.2, 0.25) is 5.02 Å². The highest BCUT2D eigenvalue weighted by Gasteiger charge is 2.06. The summed E-state index contributed by atoms with van der Waals surface area (Å²) < 4.78 is 12.4. The van der Waals surface area contributed by atoms with Crippen LogP contribution in [0.25, 0.3) is 0 Å². The van der Waals surface area contributed by atoms with Crippen LogP contribution in [0.15, 0.2) is 12.3 Å². The molecule has 0 aliphatic rings. The van der Waals surface area contributed by atoms with Crippen LogP contribution >= 0.6 is 11.6 Å². The number of nitrogens with two attached hydrogens (primary N) is 1. The van der Waals surface area contributed by atoms with E-state index in [1.54, 1.807) is 6.92 Å². The number of hydrogen-bond acceptors (Lipinski definition) is 2. The first-order chi connectivity index (χ1) is 5.11. The molecule has 0 aliphatic heterocycles. The molecule has 2 N–H and O–H groups in total. The van der Waals surface area contributed by atoms with Crippen LogP contribution in [0.3, 0.4) is 0 Å². The van der Waals surface area contributed by atoms with Crippen molar-refractivity contribution in [3.8, 4) is 0 Å². The van der Waals surface area contributed by atoms with Crippen molar-refractivity contribution in [1.82, 2.24) is 4.98 Å². The Labute approximate surface area is 69.2 Å². The highest BCUT2D eigenvalue weighted by Crippen LogP contribution is 2.18. The minimum absolute atomic E-state index is 0.261. The van der Waals surface area contributed by atoms with Crippen molar-refractivity contribution >= 4 is 11.6 Å². The quantitative estimate of drug-likeness (QED) is 0.706. The zero-order chi connectivity index (χ0) is 8.43. The number of aromatic nitrogens is 1. The van der Waals surface area contributed by atoms with Gasteiger partial charge in [-0.3, -0.25) is 4.98 Å². The molecule has 60 valence electrons. The molecule has 1 aromatic rings. The molecule has 1 aromatic heterocycles. The molecule has 4 heteroatoms. The largest absolute Gasteiger partial charge is 0.323 e. The number of pyridine rings is 1. The van der Waals surface area contributed by atoms with Gasteiger partial charge in [-0.1, -0.05) is 11.6 Å². The molecule has 0 aromatic carbocycles. The molecule has 0 spiro atoms. The van der Waals surface area contributed by atoms with Crippen molar-refractivity contribution in [3.05, 3.63) is 28.8 Å². The van der Waals surface area contributed by atoms with E-state index in [2.05, 4.69) is 4.98 Å². The summed E-state index contributed by atoms with van der Waals surface area (Å²) in [6, 6.07) is 0.941. The van der Waals surface area contributed by atoms with Crippen LogP contribution in [0, 0.1) is 5.82 Å². The Bertz CT molecular complexity index is 263. The van der Waals surface area contributed by atoms with E-state index in [0.717, 1.165) is 6.20 Å². The van der Waals surface area contributed by atoms with Gasteiger partial charge in [0.2, 0.25) is 0 Å². The van der Waals surface area contributed by atoms with Gasteiger partial charge in [-0.05, 0) is 13.0 Å². The fourth-order valence-corrected chi connectivity index (χ4v) is 1.09. The Kier molecular flexibility index (Phi) is 2.42. The first-order valence-electron chi connectivity index (χ1n) is 3.18. The third kappa shape index (κ3) is 1.88. The van der Waals surface area contributed by atoms with Crippen molar-refractivity contribution in [2.45, 2.75) is 13.0 Å². The number of nitrogens with zero attached hydrogens (tertiary/aromatic N) is 1. The van der Waals surface area contributed by atoms with Crippen LogP contribution < -0.4 is 5.73 Å². The highest BCUT2D eigenvalue weighted by atomic mass is 35.5. The van der Waals surface area contributed by atoms with Crippen molar-refractivity contribution in [2.24, 2.45) is 5.73 Å². The predicted octanol–water partition coefficient (Wildman–Crippen LogP) is 1.89. The van der Waals surface area contributed by atoms with Crippen molar-refractivity contribution in [1.29, 1.82) is 0 Å². The maximum atomic E-state index is 12.4. The van der Waals surface area contributed by atoms with E-state index < -0.39 is 5.82 Å². The van der Waals surface area contributed by atoms with Crippen molar-refractivity contribution < 1.29 is 4.39 Å². The third-order valence-electron chi connectivity index (χ3n) is 1.27. The number of halogens is 2. The molecular weight excluding hydrogens is 167 g/mol. The minimum atomic E-state index is -0.445. The average Bonchev–Trinajstić information content (AvgIpc) is 1.85. The highest BCUT2D eigenvalue weighted by molar-refractivity contribution is 6.31. The van der Waals surface area contributed by atoms with E-state index in [9.17, 15) is 4.39 Å². The topological polar surface area (TPSA) is 38.9 Å². The maximum Gasteiger partial charge on any atom is 0.142 e. The summed E-state index contributed by atoms with van der Waals surface area (Å²) in [7, 11) is 0. The van der Waals surface area contributed by atoms with Gasteiger partial charge < -0.3 is 5.73 Å². The summed E-state index contributed by atoms with van der Waals surface area (Å²) in [4.78, 5) is 3.75. The van der Waals surface area contributed by atoms with E-state index in [1.807, 2.05) is 0 Å². The van der Waals surface area contributed by atoms with E-state index in [4.69, 9.17) is 17.3 Å². The molecule has 1 rings (SSSR count). The van der Waals surface area contributed by atoms with Crippen LogP contribution in [-0.4, -0.2) is 4.98 Å². The van der Waals surface area contributed by atoms with Gasteiger partial charge in [0.05, 0.1) is 16.9 Å². The molecule has 0 saturated heterocycles. The molecule has 0 radical (unpaired) electrons. The summed E-state index contributed by atoms with van der Waals surface area (Å²) in [5, 5.41) is 0.278. The zero-order valence-electron chi connectivity index (χ0n) is 6.01. The van der Waals surface area contributed by atoms with Gasteiger partial charge in [-0.25, -0.2) is 4.39 Å². The monoisotopic (exact) mass is 174 g/mol. The summed E-state index contributed by atoms with van der Waals surface area (Å²) in [6.45, 7) is 1.74. The molecule has 1 atom stereocenters. The second kappa shape index (κ2) is 3.15. The van der Waals surface area contributed by atoms with E-state index in [-0.39, 0.29) is 11.1 Å². The smallest absolute Gasteiger partial charge is 0.142 e. The van der Waals surface area contributed by atoms with Crippen LogP contribution in [0.5, 0.6) is 0 Å². The summed E-state index contributed by atoms with van der Waals surface area (Å²) in [5.41, 5.74) is 6.02. The molecule has 1 heterocycles. The fourth-order valence-electron chi connectivity index (χ4n) is 0.760. The Balaban J connectivity index is 3.09. The normalized spacial score (nSPS) is 13.1. The summed E-state index contributed by atoms with van der Waals surface area (Å²) in [5.74, 6) is -0.445. The summed E-state index contributed by atoms with van der Waals surface area (Å²) in [6.07, 6.45) is 1.10. The molecule has 0 fully saturated rings. The Morgan fingerprint density at radius 2 is 2.36 bits per heavy atom. The molecule has 11 heavy (non-hydrogen) atoms. The lowest BCUT2D eigenvalue weighted by atomic mass is 10.2. The van der Waals surface area contributed by atoms with Crippen LogP contribution in [0.4, 0.5) is 4.39 Å². The average molecular weight is 175 g/mol. The van der Waals surface area contributed by atoms with Crippen LogP contribution in [-0.2, 0) is 0 Å². The van der Waals surface area contributed by atoms with Gasteiger partial charge in [0.15, 0.2) is 0 Å². The Hall–Kier alpha value is -0.670. The first kappa shape index (κ1) is 8.43. The molecular formula is C7H8ClFN2. The van der Waals surface area contributed by atoms with E-state index in [1.165, 1.54) is 6.07 Å². The maximum absolute atomic E-state index is 12.4. The number of rotatable bonds is 1. The first-order valence-corrected chi connectivity index (χ1v) is 3.55. The van der Waals surface area contributed by atoms with Crippen LogP contribution in [0.1, 0.15) is 18.7 Å². The van der Waals surface area contributed by atoms with Gasteiger partial charge in [-0.2, -0.15) is 0 Å². The third-order valence-corrected chi connectivity index (χ3v) is 1.57. The second-order valence-corrected chi connectivity index (χ2v) is 2.72. The molecule has 0 aliphatic carbocycles. The summed E-state index contributed by atoms with van der Waals surface area (Å²) >= 11 is 5.64. The van der Waals surface area contributed by atoms with E-state index in [0.29, 0.717) is 5.69 Å². The second-order valence-electron chi connectivity index (χ2n) is 2.31. The lowest BCUT2D eigenvalue weighted by Gasteiger charge is -2.05. The van der Waals surface area contributed by atoms with Gasteiger partial charge >= 0.3 is 0 Å². The molecule has 0 bridgehead atoms. The predicted molar refractivity (Wildman–Crippen MR) is 41.8 cm³/mol. The van der Waals surface area contributed by atoms with Gasteiger partial charge in [0.25, 0.3) is 0 Å². The Morgan fingerprint density at radius 1 is 1.73 bits per heavy atom. The van der Waals surface area contributed by atoms with Crippen molar-refractivity contribution in [3.63, 3.8) is 0 Å². The standard InChI is InChI=1S/C7H8ClFN2/c1-4(10)7-6(8)2-5(9)3-11-7/h2-4H,10H2,1H3/t4-/m1/s1. The lowest BCUT2D eigenvalue weighted by Crippen LogP contribution is -2.08.